The molecule has 26 heavy (non-hydrogen) atoms. The summed E-state index contributed by atoms with van der Waals surface area (Å²) in [4.78, 5) is 10.5. The van der Waals surface area contributed by atoms with E-state index in [0.29, 0.717) is 0 Å². The van der Waals surface area contributed by atoms with Gasteiger partial charge in [0.2, 0.25) is 5.75 Å². The number of hydrogen-bond acceptors (Lipinski definition) is 6. The fraction of sp³-hybridized carbons (Fsp3) is 0. The Balaban J connectivity index is 1.95. The molecule has 0 aromatic heterocycles. The summed E-state index contributed by atoms with van der Waals surface area (Å²) in [5, 5.41) is 11.2. The predicted octanol–water partition coefficient (Wildman–Crippen LogP) is 5.24. The van der Waals surface area contributed by atoms with Crippen LogP contribution in [0.15, 0.2) is 84.9 Å². The third-order valence-electron chi connectivity index (χ3n) is 3.19. The molecule has 0 aliphatic heterocycles. The lowest BCUT2D eigenvalue weighted by Crippen LogP contribution is -2.08. The number of phosphoric acid groups is 1. The number of phosphoric ester groups is 1. The summed E-state index contributed by atoms with van der Waals surface area (Å²) in [6, 6.07) is 22.1. The monoisotopic (exact) mass is 371 g/mol. The molecule has 0 unspecified atom stereocenters. The van der Waals surface area contributed by atoms with Crippen molar-refractivity contribution in [2.24, 2.45) is 0 Å². The van der Waals surface area contributed by atoms with Gasteiger partial charge in [0.15, 0.2) is 0 Å². The first-order valence-electron chi connectivity index (χ1n) is 7.58. The third-order valence-corrected chi connectivity index (χ3v) is 4.48. The van der Waals surface area contributed by atoms with Crippen LogP contribution in [0.5, 0.6) is 17.2 Å². The molecule has 3 aromatic carbocycles. The van der Waals surface area contributed by atoms with Crippen molar-refractivity contribution in [3.8, 4) is 17.2 Å². The molecule has 132 valence electrons. The van der Waals surface area contributed by atoms with Gasteiger partial charge < -0.3 is 13.6 Å². The van der Waals surface area contributed by atoms with Crippen molar-refractivity contribution >= 4 is 13.5 Å². The van der Waals surface area contributed by atoms with Gasteiger partial charge in [0, 0.05) is 6.07 Å². The third kappa shape index (κ3) is 4.40. The van der Waals surface area contributed by atoms with Gasteiger partial charge in [-0.2, -0.15) is 4.57 Å². The summed E-state index contributed by atoms with van der Waals surface area (Å²) < 4.78 is 29.4. The Morgan fingerprint density at radius 3 is 1.65 bits per heavy atom. The van der Waals surface area contributed by atoms with E-state index in [0.717, 1.165) is 0 Å². The number of nitro benzene ring substituents is 1. The van der Waals surface area contributed by atoms with E-state index < -0.39 is 12.7 Å². The first-order valence-corrected chi connectivity index (χ1v) is 9.04. The average molecular weight is 371 g/mol. The zero-order valence-electron chi connectivity index (χ0n) is 13.4. The Labute approximate surface area is 149 Å². The van der Waals surface area contributed by atoms with Crippen LogP contribution in [0.3, 0.4) is 0 Å². The topological polar surface area (TPSA) is 87.9 Å². The molecular weight excluding hydrogens is 357 g/mol. The molecule has 0 saturated heterocycles. The van der Waals surface area contributed by atoms with Crippen LogP contribution < -0.4 is 13.6 Å². The minimum Gasteiger partial charge on any atom is -0.386 e. The summed E-state index contributed by atoms with van der Waals surface area (Å²) >= 11 is 0. The second kappa shape index (κ2) is 7.72. The van der Waals surface area contributed by atoms with Crippen LogP contribution in [0.2, 0.25) is 0 Å². The number of nitrogens with zero attached hydrogens (tertiary/aromatic N) is 1. The Morgan fingerprint density at radius 1 is 0.692 bits per heavy atom. The molecule has 3 rings (SSSR count). The fourth-order valence-electron chi connectivity index (χ4n) is 2.08. The molecule has 3 aromatic rings. The molecule has 0 N–H and O–H groups in total. The molecule has 7 nitrogen and oxygen atoms in total. The molecular formula is C18H14NO6P. The summed E-state index contributed by atoms with van der Waals surface area (Å²) in [5.74, 6) is 0.267. The molecule has 8 heteroatoms. The molecule has 0 aliphatic rings. The molecule has 0 bridgehead atoms. The van der Waals surface area contributed by atoms with E-state index in [2.05, 4.69) is 0 Å². The first-order chi connectivity index (χ1) is 12.6. The Morgan fingerprint density at radius 2 is 1.15 bits per heavy atom. The summed E-state index contributed by atoms with van der Waals surface area (Å²) in [6.45, 7) is 0. The van der Waals surface area contributed by atoms with Crippen molar-refractivity contribution in [2.75, 3.05) is 0 Å². The summed E-state index contributed by atoms with van der Waals surface area (Å²) in [5.41, 5.74) is -0.346. The Hall–Kier alpha value is -3.31. The van der Waals surface area contributed by atoms with Crippen LogP contribution in [0.25, 0.3) is 0 Å². The van der Waals surface area contributed by atoms with Crippen LogP contribution in [0.4, 0.5) is 5.69 Å². The number of hydrogen-bond donors (Lipinski definition) is 0. The number of para-hydroxylation sites is 4. The molecule has 0 aliphatic carbocycles. The van der Waals surface area contributed by atoms with E-state index in [1.165, 1.54) is 24.3 Å². The maximum atomic E-state index is 13.2. The van der Waals surface area contributed by atoms with E-state index in [4.69, 9.17) is 13.6 Å². The lowest BCUT2D eigenvalue weighted by Gasteiger charge is -2.19. The van der Waals surface area contributed by atoms with Gasteiger partial charge in [0.25, 0.3) is 0 Å². The van der Waals surface area contributed by atoms with Gasteiger partial charge in [0.1, 0.15) is 11.5 Å². The van der Waals surface area contributed by atoms with Crippen molar-refractivity contribution in [1.82, 2.24) is 0 Å². The molecule has 0 fully saturated rings. The lowest BCUT2D eigenvalue weighted by molar-refractivity contribution is -0.385. The first kappa shape index (κ1) is 17.5. The number of rotatable bonds is 7. The fourth-order valence-corrected chi connectivity index (χ4v) is 3.35. The summed E-state index contributed by atoms with van der Waals surface area (Å²) in [7, 11) is -4.26. The number of nitro groups is 1. The van der Waals surface area contributed by atoms with Crippen molar-refractivity contribution < 1.29 is 23.1 Å². The zero-order chi connectivity index (χ0) is 18.4. The van der Waals surface area contributed by atoms with E-state index >= 15 is 0 Å². The Kier molecular flexibility index (Phi) is 5.20. The van der Waals surface area contributed by atoms with Crippen molar-refractivity contribution in [3.05, 3.63) is 95.0 Å². The maximum absolute atomic E-state index is 13.2. The maximum Gasteiger partial charge on any atom is 0.647 e. The van der Waals surface area contributed by atoms with Gasteiger partial charge in [-0.05, 0) is 30.3 Å². The average Bonchev–Trinajstić information content (AvgIpc) is 2.63. The van der Waals surface area contributed by atoms with E-state index in [1.807, 2.05) is 0 Å². The highest BCUT2D eigenvalue weighted by molar-refractivity contribution is 7.49. The van der Waals surface area contributed by atoms with Crippen LogP contribution in [0, 0.1) is 10.1 Å². The number of benzene rings is 3. The largest absolute Gasteiger partial charge is 0.647 e. The van der Waals surface area contributed by atoms with Gasteiger partial charge in [-0.25, -0.2) is 0 Å². The van der Waals surface area contributed by atoms with Crippen molar-refractivity contribution in [3.63, 3.8) is 0 Å². The Bertz CT molecular complexity index is 887. The smallest absolute Gasteiger partial charge is 0.386 e. The van der Waals surface area contributed by atoms with Crippen molar-refractivity contribution in [2.45, 2.75) is 0 Å². The molecule has 0 amide bonds. The van der Waals surface area contributed by atoms with Gasteiger partial charge in [-0.3, -0.25) is 10.1 Å². The minimum absolute atomic E-state index is 0.215. The molecule has 0 heterocycles. The van der Waals surface area contributed by atoms with E-state index in [-0.39, 0.29) is 22.9 Å². The van der Waals surface area contributed by atoms with Crippen LogP contribution in [-0.2, 0) is 4.57 Å². The standard InChI is InChI=1S/C18H14NO6P/c20-19(21)17-13-7-8-14-18(17)25-26(22,23-15-9-3-1-4-10-15)24-16-11-5-2-6-12-16/h1-14H. The van der Waals surface area contributed by atoms with Gasteiger partial charge in [-0.15, -0.1) is 0 Å². The normalized spacial score (nSPS) is 10.8. The van der Waals surface area contributed by atoms with E-state index in [9.17, 15) is 14.7 Å². The zero-order valence-corrected chi connectivity index (χ0v) is 14.3. The van der Waals surface area contributed by atoms with E-state index in [1.54, 1.807) is 60.7 Å². The van der Waals surface area contributed by atoms with Gasteiger partial charge >= 0.3 is 13.5 Å². The molecule has 0 spiro atoms. The van der Waals surface area contributed by atoms with Crippen LogP contribution in [0.1, 0.15) is 0 Å². The quantitative estimate of drug-likeness (QED) is 0.321. The molecule has 0 radical (unpaired) electrons. The molecule has 0 atom stereocenters. The van der Waals surface area contributed by atoms with Gasteiger partial charge in [0.05, 0.1) is 4.92 Å². The second-order valence-electron chi connectivity index (χ2n) is 5.07. The highest BCUT2D eigenvalue weighted by Gasteiger charge is 2.35. The van der Waals surface area contributed by atoms with Crippen molar-refractivity contribution in [1.29, 1.82) is 0 Å². The minimum atomic E-state index is -4.26. The molecule has 0 saturated carbocycles. The summed E-state index contributed by atoms with van der Waals surface area (Å²) in [6.07, 6.45) is 0. The lowest BCUT2D eigenvalue weighted by atomic mass is 10.3. The second-order valence-corrected chi connectivity index (χ2v) is 6.51. The predicted molar refractivity (Wildman–Crippen MR) is 95.5 cm³/mol. The highest BCUT2D eigenvalue weighted by atomic mass is 31.2. The highest BCUT2D eigenvalue weighted by Crippen LogP contribution is 2.51. The SMILES string of the molecule is O=[N+]([O-])c1ccccc1OP(=O)(Oc1ccccc1)Oc1ccccc1. The van der Waals surface area contributed by atoms with Gasteiger partial charge in [-0.1, -0.05) is 48.5 Å². The van der Waals surface area contributed by atoms with Crippen LogP contribution in [-0.4, -0.2) is 4.92 Å². The van der Waals surface area contributed by atoms with Crippen LogP contribution >= 0.6 is 7.82 Å².